The molecule has 0 amide bonds. The fraction of sp³-hybridized carbons (Fsp3) is 0.231. The van der Waals surface area contributed by atoms with Crippen molar-refractivity contribution in [2.75, 3.05) is 0 Å². The van der Waals surface area contributed by atoms with E-state index < -0.39 is 0 Å². The van der Waals surface area contributed by atoms with Gasteiger partial charge in [0.2, 0.25) is 0 Å². The fourth-order valence-electron chi connectivity index (χ4n) is 1.51. The zero-order valence-corrected chi connectivity index (χ0v) is 9.24. The van der Waals surface area contributed by atoms with E-state index in [-0.39, 0.29) is 0 Å². The van der Waals surface area contributed by atoms with Gasteiger partial charge >= 0.3 is 0 Å². The van der Waals surface area contributed by atoms with Crippen LogP contribution < -0.4 is 0 Å². The molecule has 81 valence electrons. The van der Waals surface area contributed by atoms with E-state index in [4.69, 9.17) is 0 Å². The van der Waals surface area contributed by atoms with Gasteiger partial charge in [0.15, 0.2) is 0 Å². The first kappa shape index (κ1) is 10.7. The van der Waals surface area contributed by atoms with Crippen molar-refractivity contribution in [3.8, 4) is 0 Å². The maximum absolute atomic E-state index is 4.28. The molecule has 2 aromatic rings. The van der Waals surface area contributed by atoms with Gasteiger partial charge in [0.25, 0.3) is 0 Å². The molecular weight excluding hydrogens is 198 g/mol. The Morgan fingerprint density at radius 1 is 1.19 bits per heavy atom. The van der Waals surface area contributed by atoms with Gasteiger partial charge in [-0.15, -0.1) is 0 Å². The van der Waals surface area contributed by atoms with Gasteiger partial charge < -0.3 is 0 Å². The van der Waals surface area contributed by atoms with Crippen LogP contribution in [-0.2, 0) is 6.42 Å². The average molecular weight is 212 g/mol. The van der Waals surface area contributed by atoms with E-state index in [2.05, 4.69) is 28.3 Å². The van der Waals surface area contributed by atoms with Gasteiger partial charge in [0.05, 0.1) is 0 Å². The number of rotatable bonds is 4. The summed E-state index contributed by atoms with van der Waals surface area (Å²) in [6.45, 7) is 2.13. The monoisotopic (exact) mass is 212 g/mol. The SMILES string of the molecule is CC([CH]Cc1ccccn1)c1ccncn1. The van der Waals surface area contributed by atoms with Crippen LogP contribution in [0.25, 0.3) is 0 Å². The molecule has 2 heterocycles. The van der Waals surface area contributed by atoms with Crippen molar-refractivity contribution in [1.82, 2.24) is 15.0 Å². The second kappa shape index (κ2) is 5.35. The Bertz CT molecular complexity index is 414. The predicted molar refractivity (Wildman–Crippen MR) is 62.7 cm³/mol. The molecule has 1 atom stereocenters. The summed E-state index contributed by atoms with van der Waals surface area (Å²) < 4.78 is 0. The van der Waals surface area contributed by atoms with Crippen molar-refractivity contribution in [1.29, 1.82) is 0 Å². The third kappa shape index (κ3) is 2.86. The second-order valence-electron chi connectivity index (χ2n) is 3.68. The minimum Gasteiger partial charge on any atom is -0.261 e. The highest BCUT2D eigenvalue weighted by Gasteiger charge is 2.07. The molecule has 0 fully saturated rings. The molecule has 0 saturated heterocycles. The van der Waals surface area contributed by atoms with Crippen molar-refractivity contribution in [3.63, 3.8) is 0 Å². The number of hydrogen-bond donors (Lipinski definition) is 0. The van der Waals surface area contributed by atoms with Crippen LogP contribution in [0.3, 0.4) is 0 Å². The number of pyridine rings is 1. The smallest absolute Gasteiger partial charge is 0.115 e. The normalized spacial score (nSPS) is 12.3. The predicted octanol–water partition coefficient (Wildman–Crippen LogP) is 2.42. The number of nitrogens with zero attached hydrogens (tertiary/aromatic N) is 3. The van der Waals surface area contributed by atoms with Gasteiger partial charge in [0, 0.05) is 29.7 Å². The number of hydrogen-bond acceptors (Lipinski definition) is 3. The van der Waals surface area contributed by atoms with Crippen molar-refractivity contribution < 1.29 is 0 Å². The Kier molecular flexibility index (Phi) is 3.59. The molecule has 16 heavy (non-hydrogen) atoms. The summed E-state index contributed by atoms with van der Waals surface area (Å²) in [5.74, 6) is 0.324. The first-order chi connectivity index (χ1) is 7.86. The zero-order valence-electron chi connectivity index (χ0n) is 9.24. The minimum absolute atomic E-state index is 0.324. The van der Waals surface area contributed by atoms with E-state index in [1.165, 1.54) is 0 Å². The molecule has 0 spiro atoms. The molecule has 1 radical (unpaired) electrons. The molecular formula is C13H14N3. The molecule has 0 saturated carbocycles. The fourth-order valence-corrected chi connectivity index (χ4v) is 1.51. The van der Waals surface area contributed by atoms with Crippen LogP contribution in [0.1, 0.15) is 24.2 Å². The van der Waals surface area contributed by atoms with Crippen LogP contribution in [0.5, 0.6) is 0 Å². The van der Waals surface area contributed by atoms with Gasteiger partial charge in [-0.25, -0.2) is 9.97 Å². The summed E-state index contributed by atoms with van der Waals surface area (Å²) in [7, 11) is 0. The lowest BCUT2D eigenvalue weighted by Crippen LogP contribution is -2.01. The molecule has 3 heteroatoms. The average Bonchev–Trinajstić information content (AvgIpc) is 2.38. The van der Waals surface area contributed by atoms with Crippen LogP contribution >= 0.6 is 0 Å². The molecule has 2 aromatic heterocycles. The standard InChI is InChI=1S/C13H14N3/c1-11(13-7-9-14-10-16-13)5-6-12-4-2-3-8-15-12/h2-5,7-11H,6H2,1H3. The Balaban J connectivity index is 1.92. The van der Waals surface area contributed by atoms with Gasteiger partial charge in [-0.05, 0) is 31.0 Å². The lowest BCUT2D eigenvalue weighted by molar-refractivity contribution is 0.793. The van der Waals surface area contributed by atoms with Crippen molar-refractivity contribution in [3.05, 3.63) is 60.8 Å². The van der Waals surface area contributed by atoms with Gasteiger partial charge in [-0.2, -0.15) is 0 Å². The minimum atomic E-state index is 0.324. The molecule has 0 aliphatic rings. The van der Waals surface area contributed by atoms with Gasteiger partial charge in [0.1, 0.15) is 6.33 Å². The maximum Gasteiger partial charge on any atom is 0.115 e. The van der Waals surface area contributed by atoms with Crippen molar-refractivity contribution in [2.45, 2.75) is 19.3 Å². The second-order valence-corrected chi connectivity index (χ2v) is 3.68. The van der Waals surface area contributed by atoms with Crippen molar-refractivity contribution >= 4 is 0 Å². The van der Waals surface area contributed by atoms with Crippen LogP contribution in [-0.4, -0.2) is 15.0 Å². The lowest BCUT2D eigenvalue weighted by Gasteiger charge is -2.09. The summed E-state index contributed by atoms with van der Waals surface area (Å²) in [5.41, 5.74) is 2.13. The number of aromatic nitrogens is 3. The van der Waals surface area contributed by atoms with Gasteiger partial charge in [-0.3, -0.25) is 4.98 Å². The summed E-state index contributed by atoms with van der Waals surface area (Å²) in [4.78, 5) is 12.4. The maximum atomic E-state index is 4.28. The summed E-state index contributed by atoms with van der Waals surface area (Å²) in [6.07, 6.45) is 8.25. The third-order valence-electron chi connectivity index (χ3n) is 2.48. The van der Waals surface area contributed by atoms with E-state index >= 15 is 0 Å². The molecule has 2 rings (SSSR count). The molecule has 0 aromatic carbocycles. The zero-order chi connectivity index (χ0) is 11.2. The largest absolute Gasteiger partial charge is 0.261 e. The Morgan fingerprint density at radius 3 is 2.81 bits per heavy atom. The summed E-state index contributed by atoms with van der Waals surface area (Å²) >= 11 is 0. The quantitative estimate of drug-likeness (QED) is 0.781. The molecule has 0 N–H and O–H groups in total. The Labute approximate surface area is 95.6 Å². The topological polar surface area (TPSA) is 38.7 Å². The van der Waals surface area contributed by atoms with E-state index in [0.29, 0.717) is 5.92 Å². The highest BCUT2D eigenvalue weighted by atomic mass is 14.8. The van der Waals surface area contributed by atoms with Crippen LogP contribution in [0.2, 0.25) is 0 Å². The van der Waals surface area contributed by atoms with Crippen LogP contribution in [0.4, 0.5) is 0 Å². The molecule has 0 aliphatic heterocycles. The molecule has 0 bridgehead atoms. The first-order valence-electron chi connectivity index (χ1n) is 5.35. The van der Waals surface area contributed by atoms with Crippen molar-refractivity contribution in [2.24, 2.45) is 0 Å². The summed E-state index contributed by atoms with van der Waals surface area (Å²) in [6, 6.07) is 7.91. The van der Waals surface area contributed by atoms with E-state index in [9.17, 15) is 0 Å². The molecule has 1 unspecified atom stereocenters. The van der Waals surface area contributed by atoms with E-state index in [1.807, 2.05) is 30.5 Å². The first-order valence-corrected chi connectivity index (χ1v) is 5.35. The molecule has 3 nitrogen and oxygen atoms in total. The Hall–Kier alpha value is -1.77. The highest BCUT2D eigenvalue weighted by molar-refractivity contribution is 5.13. The van der Waals surface area contributed by atoms with Crippen LogP contribution in [0.15, 0.2) is 43.0 Å². The third-order valence-corrected chi connectivity index (χ3v) is 2.48. The summed E-state index contributed by atoms with van der Waals surface area (Å²) in [5, 5.41) is 0. The van der Waals surface area contributed by atoms with E-state index in [1.54, 1.807) is 12.5 Å². The highest BCUT2D eigenvalue weighted by Crippen LogP contribution is 2.16. The van der Waals surface area contributed by atoms with Crippen LogP contribution in [0, 0.1) is 6.42 Å². The Morgan fingerprint density at radius 2 is 2.12 bits per heavy atom. The van der Waals surface area contributed by atoms with Gasteiger partial charge in [-0.1, -0.05) is 13.0 Å². The van der Waals surface area contributed by atoms with E-state index in [0.717, 1.165) is 17.8 Å². The lowest BCUT2D eigenvalue weighted by atomic mass is 10.0. The molecule has 0 aliphatic carbocycles.